The SMILES string of the molecule is CSCC[C@H](N)C(=O)NC1CCOc2c(Cl)cccc21. The Bertz CT molecular complexity index is 484. The number of hydrogen-bond donors (Lipinski definition) is 2. The molecule has 2 atom stereocenters. The van der Waals surface area contributed by atoms with Crippen molar-refractivity contribution in [3.8, 4) is 5.75 Å². The topological polar surface area (TPSA) is 64.4 Å². The normalized spacial score (nSPS) is 18.9. The summed E-state index contributed by atoms with van der Waals surface area (Å²) in [6.45, 7) is 0.543. The monoisotopic (exact) mass is 314 g/mol. The predicted molar refractivity (Wildman–Crippen MR) is 83.4 cm³/mol. The van der Waals surface area contributed by atoms with Crippen LogP contribution >= 0.6 is 23.4 Å². The average molecular weight is 315 g/mol. The third kappa shape index (κ3) is 3.59. The Morgan fingerprint density at radius 1 is 1.65 bits per heavy atom. The third-order valence-electron chi connectivity index (χ3n) is 3.31. The minimum absolute atomic E-state index is 0.0784. The molecule has 1 aliphatic heterocycles. The molecular formula is C14H19ClN2O2S. The highest BCUT2D eigenvalue weighted by atomic mass is 35.5. The summed E-state index contributed by atoms with van der Waals surface area (Å²) in [6, 6.07) is 5.04. The zero-order chi connectivity index (χ0) is 14.5. The molecule has 1 aromatic rings. The molecule has 1 aliphatic rings. The third-order valence-corrected chi connectivity index (χ3v) is 4.25. The zero-order valence-electron chi connectivity index (χ0n) is 11.4. The summed E-state index contributed by atoms with van der Waals surface area (Å²) < 4.78 is 5.57. The Hall–Kier alpha value is -0.910. The van der Waals surface area contributed by atoms with E-state index in [1.165, 1.54) is 0 Å². The first-order valence-electron chi connectivity index (χ1n) is 6.59. The first kappa shape index (κ1) is 15.5. The van der Waals surface area contributed by atoms with Crippen LogP contribution in [-0.2, 0) is 4.79 Å². The highest BCUT2D eigenvalue weighted by Gasteiger charge is 2.26. The van der Waals surface area contributed by atoms with Crippen LogP contribution in [0, 0.1) is 0 Å². The van der Waals surface area contributed by atoms with Gasteiger partial charge in [0.1, 0.15) is 5.75 Å². The van der Waals surface area contributed by atoms with Crippen LogP contribution in [0.15, 0.2) is 18.2 Å². The molecule has 0 spiro atoms. The molecule has 3 N–H and O–H groups in total. The summed E-state index contributed by atoms with van der Waals surface area (Å²) in [5, 5.41) is 3.58. The maximum Gasteiger partial charge on any atom is 0.237 e. The van der Waals surface area contributed by atoms with Crippen LogP contribution in [0.1, 0.15) is 24.4 Å². The van der Waals surface area contributed by atoms with Gasteiger partial charge in [-0.3, -0.25) is 4.79 Å². The minimum Gasteiger partial charge on any atom is -0.492 e. The van der Waals surface area contributed by atoms with Crippen molar-refractivity contribution in [2.45, 2.75) is 24.9 Å². The molecule has 0 aromatic heterocycles. The van der Waals surface area contributed by atoms with Crippen molar-refractivity contribution < 1.29 is 9.53 Å². The van der Waals surface area contributed by atoms with E-state index in [0.29, 0.717) is 23.8 Å². The number of carbonyl (C=O) groups is 1. The van der Waals surface area contributed by atoms with E-state index in [0.717, 1.165) is 17.7 Å². The largest absolute Gasteiger partial charge is 0.492 e. The van der Waals surface area contributed by atoms with Crippen LogP contribution in [0.2, 0.25) is 5.02 Å². The molecule has 0 saturated carbocycles. The Kier molecular flexibility index (Phi) is 5.57. The van der Waals surface area contributed by atoms with Crippen molar-refractivity contribution in [3.05, 3.63) is 28.8 Å². The maximum absolute atomic E-state index is 12.1. The summed E-state index contributed by atoms with van der Waals surface area (Å²) in [6.07, 6.45) is 3.41. The number of thioether (sulfide) groups is 1. The second kappa shape index (κ2) is 7.20. The molecule has 0 saturated heterocycles. The van der Waals surface area contributed by atoms with E-state index in [1.54, 1.807) is 17.8 Å². The van der Waals surface area contributed by atoms with E-state index < -0.39 is 6.04 Å². The van der Waals surface area contributed by atoms with E-state index in [1.807, 2.05) is 18.4 Å². The van der Waals surface area contributed by atoms with Crippen LogP contribution in [0.25, 0.3) is 0 Å². The first-order chi connectivity index (χ1) is 9.63. The van der Waals surface area contributed by atoms with Gasteiger partial charge in [-0.2, -0.15) is 11.8 Å². The second-order valence-electron chi connectivity index (χ2n) is 4.74. The molecule has 1 heterocycles. The fourth-order valence-electron chi connectivity index (χ4n) is 2.19. The maximum atomic E-state index is 12.1. The van der Waals surface area contributed by atoms with Crippen molar-refractivity contribution in [2.24, 2.45) is 5.73 Å². The van der Waals surface area contributed by atoms with Gasteiger partial charge >= 0.3 is 0 Å². The minimum atomic E-state index is -0.465. The number of amides is 1. The molecule has 2 rings (SSSR count). The Balaban J connectivity index is 2.05. The van der Waals surface area contributed by atoms with Crippen molar-refractivity contribution >= 4 is 29.3 Å². The molecule has 4 nitrogen and oxygen atoms in total. The number of nitrogens with one attached hydrogen (secondary N) is 1. The zero-order valence-corrected chi connectivity index (χ0v) is 13.0. The number of carbonyl (C=O) groups excluding carboxylic acids is 1. The quantitative estimate of drug-likeness (QED) is 0.875. The van der Waals surface area contributed by atoms with Crippen LogP contribution < -0.4 is 15.8 Å². The Labute approximate surface area is 128 Å². The van der Waals surface area contributed by atoms with E-state index in [4.69, 9.17) is 22.1 Å². The Morgan fingerprint density at radius 2 is 2.45 bits per heavy atom. The molecule has 0 fully saturated rings. The summed E-state index contributed by atoms with van der Waals surface area (Å²) >= 11 is 7.80. The molecule has 1 amide bonds. The van der Waals surface area contributed by atoms with Gasteiger partial charge in [-0.25, -0.2) is 0 Å². The van der Waals surface area contributed by atoms with Gasteiger partial charge in [0, 0.05) is 12.0 Å². The summed E-state index contributed by atoms with van der Waals surface area (Å²) in [5.41, 5.74) is 6.81. The van der Waals surface area contributed by atoms with Gasteiger partial charge in [0.05, 0.1) is 23.7 Å². The molecule has 1 aromatic carbocycles. The number of benzene rings is 1. The van der Waals surface area contributed by atoms with E-state index >= 15 is 0 Å². The van der Waals surface area contributed by atoms with Gasteiger partial charge in [-0.15, -0.1) is 0 Å². The number of hydrogen-bond acceptors (Lipinski definition) is 4. The lowest BCUT2D eigenvalue weighted by Gasteiger charge is -2.28. The van der Waals surface area contributed by atoms with Crippen molar-refractivity contribution in [3.63, 3.8) is 0 Å². The predicted octanol–water partition coefficient (Wildman–Crippen LogP) is 2.36. The van der Waals surface area contributed by atoms with Gasteiger partial charge in [-0.05, 0) is 24.5 Å². The molecule has 0 aliphatic carbocycles. The van der Waals surface area contributed by atoms with Gasteiger partial charge in [0.15, 0.2) is 0 Å². The van der Waals surface area contributed by atoms with Crippen molar-refractivity contribution in [1.29, 1.82) is 0 Å². The molecule has 0 radical (unpaired) electrons. The molecule has 110 valence electrons. The van der Waals surface area contributed by atoms with Gasteiger partial charge in [0.25, 0.3) is 0 Å². The summed E-state index contributed by atoms with van der Waals surface area (Å²) in [4.78, 5) is 12.1. The van der Waals surface area contributed by atoms with Gasteiger partial charge in [0.2, 0.25) is 5.91 Å². The average Bonchev–Trinajstić information content (AvgIpc) is 2.45. The van der Waals surface area contributed by atoms with Crippen LogP contribution in [0.3, 0.4) is 0 Å². The highest BCUT2D eigenvalue weighted by molar-refractivity contribution is 7.98. The summed E-state index contributed by atoms with van der Waals surface area (Å²) in [5.74, 6) is 1.44. The number of fused-ring (bicyclic) bond motifs is 1. The molecular weight excluding hydrogens is 296 g/mol. The number of nitrogens with two attached hydrogens (primary N) is 1. The van der Waals surface area contributed by atoms with Crippen LogP contribution in [0.5, 0.6) is 5.75 Å². The van der Waals surface area contributed by atoms with E-state index in [9.17, 15) is 4.79 Å². The lowest BCUT2D eigenvalue weighted by Crippen LogP contribution is -2.43. The number of para-hydroxylation sites is 1. The van der Waals surface area contributed by atoms with Crippen LogP contribution in [0.4, 0.5) is 0 Å². The van der Waals surface area contributed by atoms with E-state index in [-0.39, 0.29) is 11.9 Å². The standard InChI is InChI=1S/C14H19ClN2O2S/c1-20-8-6-11(16)14(18)17-12-5-7-19-13-9(12)3-2-4-10(13)15/h2-4,11-12H,5-8,16H2,1H3,(H,17,18)/t11-,12?/m0/s1. The molecule has 6 heteroatoms. The Morgan fingerprint density at radius 3 is 3.20 bits per heavy atom. The molecule has 0 bridgehead atoms. The van der Waals surface area contributed by atoms with Crippen molar-refractivity contribution in [1.82, 2.24) is 5.32 Å². The van der Waals surface area contributed by atoms with Crippen LogP contribution in [-0.4, -0.2) is 30.6 Å². The number of halogens is 1. The highest BCUT2D eigenvalue weighted by Crippen LogP contribution is 2.37. The van der Waals surface area contributed by atoms with Gasteiger partial charge < -0.3 is 15.8 Å². The lowest BCUT2D eigenvalue weighted by molar-refractivity contribution is -0.123. The van der Waals surface area contributed by atoms with Crippen molar-refractivity contribution in [2.75, 3.05) is 18.6 Å². The summed E-state index contributed by atoms with van der Waals surface area (Å²) in [7, 11) is 0. The van der Waals surface area contributed by atoms with E-state index in [2.05, 4.69) is 5.32 Å². The lowest BCUT2D eigenvalue weighted by atomic mass is 10.00. The molecule has 20 heavy (non-hydrogen) atoms. The molecule has 1 unspecified atom stereocenters. The first-order valence-corrected chi connectivity index (χ1v) is 8.36. The number of ether oxygens (including phenoxy) is 1. The smallest absolute Gasteiger partial charge is 0.237 e. The van der Waals surface area contributed by atoms with Gasteiger partial charge in [-0.1, -0.05) is 23.7 Å². The second-order valence-corrected chi connectivity index (χ2v) is 6.14. The fourth-order valence-corrected chi connectivity index (χ4v) is 2.92. The number of rotatable bonds is 5. The fraction of sp³-hybridized carbons (Fsp3) is 0.500.